The average Bonchev–Trinajstić information content (AvgIpc) is 2.91. The summed E-state index contributed by atoms with van der Waals surface area (Å²) in [5, 5.41) is 4.54. The Hall–Kier alpha value is -2.13. The normalized spacial score (nSPS) is 12.7. The number of aromatic nitrogens is 1. The molecule has 0 saturated heterocycles. The summed E-state index contributed by atoms with van der Waals surface area (Å²) in [6, 6.07) is 14.5. The number of nitrogens with one attached hydrogen (secondary N) is 1. The number of likely N-dealkylation sites (N-methyl/N-ethyl adjacent to an activating group) is 1. The molecule has 0 radical (unpaired) electrons. The number of nitrogens with zero attached hydrogens (tertiary/aromatic N) is 1. The highest BCUT2D eigenvalue weighted by molar-refractivity contribution is 5.81. The van der Waals surface area contributed by atoms with E-state index < -0.39 is 0 Å². The minimum absolute atomic E-state index is 0.175. The highest BCUT2D eigenvalue weighted by atomic mass is 16.3. The van der Waals surface area contributed by atoms with Crippen molar-refractivity contribution in [3.63, 3.8) is 0 Å². The lowest BCUT2D eigenvalue weighted by Gasteiger charge is -2.15. The third kappa shape index (κ3) is 2.45. The number of aryl methyl sites for hydroxylation is 1. The van der Waals surface area contributed by atoms with E-state index >= 15 is 0 Å². The molecule has 1 atom stereocenters. The fourth-order valence-corrected chi connectivity index (χ4v) is 2.54. The molecular formula is C17H18N2O. The van der Waals surface area contributed by atoms with Crippen LogP contribution in [-0.2, 0) is 6.42 Å². The molecule has 2 aromatic heterocycles. The van der Waals surface area contributed by atoms with Crippen molar-refractivity contribution in [3.05, 3.63) is 65.7 Å². The quantitative estimate of drug-likeness (QED) is 0.783. The van der Waals surface area contributed by atoms with Crippen LogP contribution >= 0.6 is 0 Å². The van der Waals surface area contributed by atoms with Crippen LogP contribution in [0.3, 0.4) is 0 Å². The molecule has 1 unspecified atom stereocenters. The van der Waals surface area contributed by atoms with E-state index in [1.165, 1.54) is 10.9 Å². The molecule has 3 aromatic rings. The number of fused-ring (bicyclic) bond motifs is 1. The van der Waals surface area contributed by atoms with Crippen molar-refractivity contribution in [2.75, 3.05) is 7.05 Å². The van der Waals surface area contributed by atoms with Crippen molar-refractivity contribution in [2.24, 2.45) is 0 Å². The molecule has 0 fully saturated rings. The van der Waals surface area contributed by atoms with E-state index in [2.05, 4.69) is 28.5 Å². The van der Waals surface area contributed by atoms with Crippen LogP contribution in [-0.4, -0.2) is 12.0 Å². The molecule has 102 valence electrons. The summed E-state index contributed by atoms with van der Waals surface area (Å²) >= 11 is 0. The second-order valence-electron chi connectivity index (χ2n) is 4.98. The molecule has 0 aliphatic carbocycles. The maximum absolute atomic E-state index is 5.74. The van der Waals surface area contributed by atoms with E-state index in [0.29, 0.717) is 0 Å². The zero-order chi connectivity index (χ0) is 13.9. The van der Waals surface area contributed by atoms with E-state index in [9.17, 15) is 0 Å². The first kappa shape index (κ1) is 12.9. The van der Waals surface area contributed by atoms with Crippen molar-refractivity contribution in [2.45, 2.75) is 19.4 Å². The van der Waals surface area contributed by atoms with Crippen LogP contribution < -0.4 is 5.32 Å². The topological polar surface area (TPSA) is 38.1 Å². The Morgan fingerprint density at radius 1 is 1.15 bits per heavy atom. The van der Waals surface area contributed by atoms with E-state index in [0.717, 1.165) is 23.5 Å². The summed E-state index contributed by atoms with van der Waals surface area (Å²) in [4.78, 5) is 4.41. The molecule has 0 aliphatic heterocycles. The number of rotatable bonds is 4. The molecule has 1 N–H and O–H groups in total. The molecule has 0 bridgehead atoms. The number of benzene rings is 1. The lowest BCUT2D eigenvalue weighted by atomic mass is 10.0. The van der Waals surface area contributed by atoms with Crippen LogP contribution in [0.2, 0.25) is 0 Å². The zero-order valence-corrected chi connectivity index (χ0v) is 11.8. The molecule has 2 heterocycles. The second kappa shape index (κ2) is 5.47. The maximum Gasteiger partial charge on any atom is 0.121 e. The largest absolute Gasteiger partial charge is 0.465 e. The Morgan fingerprint density at radius 3 is 2.75 bits per heavy atom. The van der Waals surface area contributed by atoms with Crippen molar-refractivity contribution >= 4 is 10.9 Å². The standard InChI is InChI=1S/C17H18N2O/c1-12-7-8-17(20-12)16(18-2)11-13-9-10-19-15-6-4-3-5-14(13)15/h3-10,16,18H,11H2,1-2H3. The third-order valence-corrected chi connectivity index (χ3v) is 3.62. The number of hydrogen-bond donors (Lipinski definition) is 1. The summed E-state index contributed by atoms with van der Waals surface area (Å²) in [6.45, 7) is 1.97. The van der Waals surface area contributed by atoms with Crippen LogP contribution in [0, 0.1) is 6.92 Å². The van der Waals surface area contributed by atoms with Gasteiger partial charge in [0.15, 0.2) is 0 Å². The van der Waals surface area contributed by atoms with Gasteiger partial charge in [0.2, 0.25) is 0 Å². The number of furan rings is 1. The van der Waals surface area contributed by atoms with E-state index in [-0.39, 0.29) is 6.04 Å². The molecule has 0 spiro atoms. The zero-order valence-electron chi connectivity index (χ0n) is 11.8. The highest BCUT2D eigenvalue weighted by Crippen LogP contribution is 2.24. The van der Waals surface area contributed by atoms with Crippen molar-refractivity contribution in [1.82, 2.24) is 10.3 Å². The van der Waals surface area contributed by atoms with Gasteiger partial charge in [-0.1, -0.05) is 18.2 Å². The van der Waals surface area contributed by atoms with Crippen molar-refractivity contribution < 1.29 is 4.42 Å². The van der Waals surface area contributed by atoms with E-state index in [1.54, 1.807) is 0 Å². The first-order valence-corrected chi connectivity index (χ1v) is 6.84. The molecule has 0 amide bonds. The smallest absolute Gasteiger partial charge is 0.121 e. The minimum Gasteiger partial charge on any atom is -0.465 e. The molecule has 1 aromatic carbocycles. The van der Waals surface area contributed by atoms with E-state index in [1.807, 2.05) is 44.4 Å². The van der Waals surface area contributed by atoms with Gasteiger partial charge in [-0.2, -0.15) is 0 Å². The molecule has 0 aliphatic rings. The SMILES string of the molecule is CNC(Cc1ccnc2ccccc12)c1ccc(C)o1. The molecule has 0 saturated carbocycles. The fourth-order valence-electron chi connectivity index (χ4n) is 2.54. The van der Waals surface area contributed by atoms with Gasteiger partial charge >= 0.3 is 0 Å². The monoisotopic (exact) mass is 266 g/mol. The molecular weight excluding hydrogens is 248 g/mol. The maximum atomic E-state index is 5.74. The van der Waals surface area contributed by atoms with Crippen LogP contribution in [0.15, 0.2) is 53.1 Å². The fraction of sp³-hybridized carbons (Fsp3) is 0.235. The summed E-state index contributed by atoms with van der Waals surface area (Å²) in [5.41, 5.74) is 2.32. The molecule has 3 heteroatoms. The first-order chi connectivity index (χ1) is 9.78. The van der Waals surface area contributed by atoms with Gasteiger partial charge in [-0.05, 0) is 50.2 Å². The third-order valence-electron chi connectivity index (χ3n) is 3.62. The first-order valence-electron chi connectivity index (χ1n) is 6.84. The molecule has 3 nitrogen and oxygen atoms in total. The Kier molecular flexibility index (Phi) is 3.52. The predicted octanol–water partition coefficient (Wildman–Crippen LogP) is 3.64. The number of pyridine rings is 1. The van der Waals surface area contributed by atoms with Gasteiger partial charge in [0.05, 0.1) is 11.6 Å². The van der Waals surface area contributed by atoms with Gasteiger partial charge in [-0.3, -0.25) is 4.98 Å². The van der Waals surface area contributed by atoms with Crippen molar-refractivity contribution in [1.29, 1.82) is 0 Å². The lowest BCUT2D eigenvalue weighted by molar-refractivity contribution is 0.415. The Balaban J connectivity index is 1.95. The molecule has 20 heavy (non-hydrogen) atoms. The second-order valence-corrected chi connectivity index (χ2v) is 4.98. The van der Waals surface area contributed by atoms with Gasteiger partial charge in [0.25, 0.3) is 0 Å². The number of para-hydroxylation sites is 1. The Bertz CT molecular complexity index is 712. The lowest BCUT2D eigenvalue weighted by Crippen LogP contribution is -2.18. The summed E-state index contributed by atoms with van der Waals surface area (Å²) in [5.74, 6) is 1.92. The average molecular weight is 266 g/mol. The van der Waals surface area contributed by atoms with Gasteiger partial charge in [0.1, 0.15) is 11.5 Å². The van der Waals surface area contributed by atoms with Crippen LogP contribution in [0.4, 0.5) is 0 Å². The highest BCUT2D eigenvalue weighted by Gasteiger charge is 2.15. The Labute approximate surface area is 118 Å². The van der Waals surface area contributed by atoms with Gasteiger partial charge in [-0.15, -0.1) is 0 Å². The number of hydrogen-bond acceptors (Lipinski definition) is 3. The van der Waals surface area contributed by atoms with Crippen molar-refractivity contribution in [3.8, 4) is 0 Å². The Morgan fingerprint density at radius 2 is 2.00 bits per heavy atom. The van der Waals surface area contributed by atoms with Gasteiger partial charge < -0.3 is 9.73 Å². The summed E-state index contributed by atoms with van der Waals surface area (Å²) in [7, 11) is 1.96. The van der Waals surface area contributed by atoms with E-state index in [4.69, 9.17) is 4.42 Å². The van der Waals surface area contributed by atoms with Crippen LogP contribution in [0.25, 0.3) is 10.9 Å². The van der Waals surface area contributed by atoms with Crippen LogP contribution in [0.1, 0.15) is 23.1 Å². The van der Waals surface area contributed by atoms with Gasteiger partial charge in [0, 0.05) is 11.6 Å². The molecule has 3 rings (SSSR count). The summed E-state index contributed by atoms with van der Waals surface area (Å²) in [6.07, 6.45) is 2.75. The van der Waals surface area contributed by atoms with Gasteiger partial charge in [-0.25, -0.2) is 0 Å². The minimum atomic E-state index is 0.175. The summed E-state index contributed by atoms with van der Waals surface area (Å²) < 4.78 is 5.74. The van der Waals surface area contributed by atoms with Crippen LogP contribution in [0.5, 0.6) is 0 Å². The predicted molar refractivity (Wildman–Crippen MR) is 80.7 cm³/mol.